The van der Waals surface area contributed by atoms with Crippen molar-refractivity contribution in [3.63, 3.8) is 0 Å². The summed E-state index contributed by atoms with van der Waals surface area (Å²) >= 11 is 6.10. The quantitative estimate of drug-likeness (QED) is 0.349. The molecule has 150 valence electrons. The molecule has 1 fully saturated rings. The first-order chi connectivity index (χ1) is 14.4. The van der Waals surface area contributed by atoms with Gasteiger partial charge in [0.25, 0.3) is 11.7 Å². The summed E-state index contributed by atoms with van der Waals surface area (Å²) in [6.07, 6.45) is 0. The standard InChI is InChI=1S/C24H17ClFNO3/c1-14-5-7-16(8-6-14)22(28)20-21(15-9-11-18(26)12-10-15)27(24(30)23(20)29)19-4-2-3-17(25)13-19/h2-13,21,28H,1H3/b22-20+. The normalized spacial score (nSPS) is 18.1. The number of amides is 1. The van der Waals surface area contributed by atoms with E-state index in [1.807, 2.05) is 6.92 Å². The molecule has 1 amide bonds. The van der Waals surface area contributed by atoms with E-state index in [4.69, 9.17) is 11.6 Å². The van der Waals surface area contributed by atoms with Gasteiger partial charge in [-0.1, -0.05) is 59.6 Å². The first-order valence-electron chi connectivity index (χ1n) is 9.26. The lowest BCUT2D eigenvalue weighted by molar-refractivity contribution is -0.132. The van der Waals surface area contributed by atoms with Gasteiger partial charge >= 0.3 is 0 Å². The zero-order valence-electron chi connectivity index (χ0n) is 16.0. The number of carbonyl (C=O) groups excluding carboxylic acids is 2. The Kier molecular flexibility index (Phi) is 5.14. The zero-order chi connectivity index (χ0) is 21.4. The van der Waals surface area contributed by atoms with Crippen LogP contribution >= 0.6 is 11.6 Å². The van der Waals surface area contributed by atoms with E-state index in [0.29, 0.717) is 21.8 Å². The van der Waals surface area contributed by atoms with E-state index in [2.05, 4.69) is 0 Å². The number of Topliss-reactive ketones (excluding diaryl/α,β-unsaturated/α-hetero) is 1. The Morgan fingerprint density at radius 1 is 1.00 bits per heavy atom. The molecular formula is C24H17ClFNO3. The number of halogens is 2. The van der Waals surface area contributed by atoms with Gasteiger partial charge in [-0.15, -0.1) is 0 Å². The van der Waals surface area contributed by atoms with Crippen LogP contribution in [0.2, 0.25) is 5.02 Å². The average Bonchev–Trinajstić information content (AvgIpc) is 2.99. The summed E-state index contributed by atoms with van der Waals surface area (Å²) < 4.78 is 13.5. The number of aliphatic hydroxyl groups is 1. The van der Waals surface area contributed by atoms with E-state index >= 15 is 0 Å². The highest BCUT2D eigenvalue weighted by Crippen LogP contribution is 2.42. The highest BCUT2D eigenvalue weighted by atomic mass is 35.5. The second-order valence-corrected chi connectivity index (χ2v) is 7.50. The van der Waals surface area contributed by atoms with Crippen LogP contribution in [-0.4, -0.2) is 16.8 Å². The maximum absolute atomic E-state index is 13.5. The number of hydrogen-bond acceptors (Lipinski definition) is 3. The largest absolute Gasteiger partial charge is 0.507 e. The fourth-order valence-corrected chi connectivity index (χ4v) is 3.74. The average molecular weight is 422 g/mol. The van der Waals surface area contributed by atoms with E-state index in [1.54, 1.807) is 48.5 Å². The van der Waals surface area contributed by atoms with Gasteiger partial charge in [0, 0.05) is 16.3 Å². The van der Waals surface area contributed by atoms with Crippen molar-refractivity contribution in [1.82, 2.24) is 0 Å². The predicted molar refractivity (Wildman–Crippen MR) is 114 cm³/mol. The van der Waals surface area contributed by atoms with E-state index in [1.165, 1.54) is 29.2 Å². The van der Waals surface area contributed by atoms with Crippen molar-refractivity contribution in [1.29, 1.82) is 0 Å². The molecule has 0 radical (unpaired) electrons. The molecule has 30 heavy (non-hydrogen) atoms. The van der Waals surface area contributed by atoms with Gasteiger partial charge < -0.3 is 5.11 Å². The number of nitrogens with zero attached hydrogens (tertiary/aromatic N) is 1. The van der Waals surface area contributed by atoms with Crippen molar-refractivity contribution in [2.24, 2.45) is 0 Å². The molecule has 0 aromatic heterocycles. The number of aliphatic hydroxyl groups excluding tert-OH is 1. The van der Waals surface area contributed by atoms with Gasteiger partial charge in [-0.3, -0.25) is 14.5 Å². The van der Waals surface area contributed by atoms with Gasteiger partial charge in [-0.25, -0.2) is 4.39 Å². The minimum Gasteiger partial charge on any atom is -0.507 e. The molecule has 3 aromatic rings. The molecule has 6 heteroatoms. The smallest absolute Gasteiger partial charge is 0.300 e. The summed E-state index contributed by atoms with van der Waals surface area (Å²) in [5.74, 6) is -2.34. The number of aryl methyl sites for hydroxylation is 1. The molecule has 4 rings (SSSR count). The molecule has 1 saturated heterocycles. The van der Waals surface area contributed by atoms with Crippen molar-refractivity contribution in [2.45, 2.75) is 13.0 Å². The lowest BCUT2D eigenvalue weighted by atomic mass is 9.95. The Hall–Kier alpha value is -3.44. The monoisotopic (exact) mass is 421 g/mol. The summed E-state index contributed by atoms with van der Waals surface area (Å²) in [5, 5.41) is 11.4. The summed E-state index contributed by atoms with van der Waals surface area (Å²) in [6, 6.07) is 18.1. The third kappa shape index (κ3) is 3.48. The second-order valence-electron chi connectivity index (χ2n) is 7.07. The molecule has 0 bridgehead atoms. The predicted octanol–water partition coefficient (Wildman–Crippen LogP) is 5.41. The number of carbonyl (C=O) groups is 2. The SMILES string of the molecule is Cc1ccc(/C(O)=C2\C(=O)C(=O)N(c3cccc(Cl)c3)C2c2ccc(F)cc2)cc1. The van der Waals surface area contributed by atoms with Gasteiger partial charge in [-0.2, -0.15) is 0 Å². The van der Waals surface area contributed by atoms with Gasteiger partial charge in [0.15, 0.2) is 0 Å². The van der Waals surface area contributed by atoms with E-state index in [-0.39, 0.29) is 11.3 Å². The second kappa shape index (κ2) is 7.76. The third-order valence-electron chi connectivity index (χ3n) is 5.04. The molecule has 1 aliphatic rings. The van der Waals surface area contributed by atoms with Crippen LogP contribution in [0.5, 0.6) is 0 Å². The number of anilines is 1. The van der Waals surface area contributed by atoms with Crippen LogP contribution in [0.3, 0.4) is 0 Å². The summed E-state index contributed by atoms with van der Waals surface area (Å²) in [7, 11) is 0. The fraction of sp³-hybridized carbons (Fsp3) is 0.0833. The highest BCUT2D eigenvalue weighted by molar-refractivity contribution is 6.51. The first kappa shape index (κ1) is 19.9. The minimum atomic E-state index is -0.926. The minimum absolute atomic E-state index is 0.0598. The van der Waals surface area contributed by atoms with Gasteiger partial charge in [0.1, 0.15) is 11.6 Å². The Balaban J connectivity index is 1.95. The van der Waals surface area contributed by atoms with Crippen LogP contribution in [-0.2, 0) is 9.59 Å². The van der Waals surface area contributed by atoms with E-state index < -0.39 is 23.5 Å². The number of ketones is 1. The summed E-state index contributed by atoms with van der Waals surface area (Å²) in [6.45, 7) is 1.90. The fourth-order valence-electron chi connectivity index (χ4n) is 3.55. The molecule has 0 aliphatic carbocycles. The molecule has 1 heterocycles. The third-order valence-corrected chi connectivity index (χ3v) is 5.28. The Morgan fingerprint density at radius 2 is 1.67 bits per heavy atom. The Morgan fingerprint density at radius 3 is 2.30 bits per heavy atom. The zero-order valence-corrected chi connectivity index (χ0v) is 16.7. The topological polar surface area (TPSA) is 57.6 Å². The van der Waals surface area contributed by atoms with Crippen molar-refractivity contribution < 1.29 is 19.1 Å². The Labute approximate surface area is 177 Å². The lowest BCUT2D eigenvalue weighted by Crippen LogP contribution is -2.29. The maximum Gasteiger partial charge on any atom is 0.300 e. The van der Waals surface area contributed by atoms with Crippen LogP contribution in [0.15, 0.2) is 78.4 Å². The maximum atomic E-state index is 13.5. The number of benzene rings is 3. The molecule has 4 nitrogen and oxygen atoms in total. The van der Waals surface area contributed by atoms with Crippen LogP contribution < -0.4 is 4.90 Å². The van der Waals surface area contributed by atoms with Crippen LogP contribution in [0.4, 0.5) is 10.1 Å². The molecule has 1 aliphatic heterocycles. The first-order valence-corrected chi connectivity index (χ1v) is 9.63. The molecular weight excluding hydrogens is 405 g/mol. The molecule has 1 N–H and O–H groups in total. The summed E-state index contributed by atoms with van der Waals surface area (Å²) in [4.78, 5) is 27.3. The van der Waals surface area contributed by atoms with Crippen molar-refractivity contribution in [2.75, 3.05) is 4.90 Å². The molecule has 3 aromatic carbocycles. The molecule has 0 saturated carbocycles. The van der Waals surface area contributed by atoms with Gasteiger partial charge in [-0.05, 0) is 42.8 Å². The van der Waals surface area contributed by atoms with Crippen molar-refractivity contribution in [3.05, 3.63) is 106 Å². The van der Waals surface area contributed by atoms with Crippen LogP contribution in [0, 0.1) is 12.7 Å². The summed E-state index contributed by atoms with van der Waals surface area (Å²) in [5.41, 5.74) is 2.24. The van der Waals surface area contributed by atoms with Crippen LogP contribution in [0.1, 0.15) is 22.7 Å². The van der Waals surface area contributed by atoms with E-state index in [0.717, 1.165) is 5.56 Å². The molecule has 1 atom stereocenters. The van der Waals surface area contributed by atoms with Crippen LogP contribution in [0.25, 0.3) is 5.76 Å². The number of hydrogen-bond donors (Lipinski definition) is 1. The van der Waals surface area contributed by atoms with Crippen molar-refractivity contribution in [3.8, 4) is 0 Å². The molecule has 0 spiro atoms. The van der Waals surface area contributed by atoms with Gasteiger partial charge in [0.2, 0.25) is 0 Å². The van der Waals surface area contributed by atoms with Crippen molar-refractivity contribution >= 4 is 34.7 Å². The Bertz CT molecular complexity index is 1170. The lowest BCUT2D eigenvalue weighted by Gasteiger charge is -2.25. The van der Waals surface area contributed by atoms with Gasteiger partial charge in [0.05, 0.1) is 11.6 Å². The molecule has 1 unspecified atom stereocenters. The number of rotatable bonds is 3. The van der Waals surface area contributed by atoms with E-state index in [9.17, 15) is 19.1 Å². The highest BCUT2D eigenvalue weighted by Gasteiger charge is 2.47.